The van der Waals surface area contributed by atoms with Crippen molar-refractivity contribution >= 4 is 6.09 Å². The summed E-state index contributed by atoms with van der Waals surface area (Å²) in [5.74, 6) is 0. The Labute approximate surface area is 118 Å². The van der Waals surface area contributed by atoms with Crippen molar-refractivity contribution in [1.82, 2.24) is 9.88 Å². The van der Waals surface area contributed by atoms with Crippen LogP contribution in [0.5, 0.6) is 0 Å². The van der Waals surface area contributed by atoms with E-state index in [1.807, 2.05) is 26.8 Å². The molecule has 0 aliphatic carbocycles. The molecule has 1 aliphatic rings. The monoisotopic (exact) mass is 280 g/mol. The highest BCUT2D eigenvalue weighted by atomic mass is 19.1. The second-order valence-electron chi connectivity index (χ2n) is 6.05. The van der Waals surface area contributed by atoms with Crippen molar-refractivity contribution < 1.29 is 13.9 Å². The summed E-state index contributed by atoms with van der Waals surface area (Å²) in [6.07, 6.45) is 3.18. The summed E-state index contributed by atoms with van der Waals surface area (Å²) in [6.45, 7) is 5.68. The number of hydrogen-bond acceptors (Lipinski definition) is 3. The summed E-state index contributed by atoms with van der Waals surface area (Å²) in [5, 5.41) is 0. The molecule has 5 heteroatoms. The maximum atomic E-state index is 12.5. The molecular weight excluding hydrogens is 259 g/mol. The van der Waals surface area contributed by atoms with Crippen LogP contribution >= 0.6 is 0 Å². The second-order valence-corrected chi connectivity index (χ2v) is 6.05. The summed E-state index contributed by atoms with van der Waals surface area (Å²) >= 11 is 0. The van der Waals surface area contributed by atoms with E-state index in [1.54, 1.807) is 17.2 Å². The van der Waals surface area contributed by atoms with Crippen LogP contribution in [0.15, 0.2) is 18.3 Å². The Bertz CT molecular complexity index is 468. The van der Waals surface area contributed by atoms with E-state index in [0.717, 1.165) is 18.4 Å². The lowest BCUT2D eigenvalue weighted by atomic mass is 10.1. The molecule has 110 valence electrons. The zero-order valence-electron chi connectivity index (χ0n) is 12.2. The molecule has 2 rings (SSSR count). The van der Waals surface area contributed by atoms with Crippen LogP contribution in [0.2, 0.25) is 0 Å². The Balaban J connectivity index is 2.12. The van der Waals surface area contributed by atoms with Crippen molar-refractivity contribution in [3.8, 4) is 0 Å². The molecule has 1 aromatic rings. The van der Waals surface area contributed by atoms with Gasteiger partial charge in [0, 0.05) is 12.7 Å². The van der Waals surface area contributed by atoms with Gasteiger partial charge in [-0.15, -0.1) is 0 Å². The fourth-order valence-electron chi connectivity index (χ4n) is 2.36. The molecule has 0 radical (unpaired) electrons. The zero-order valence-corrected chi connectivity index (χ0v) is 12.2. The van der Waals surface area contributed by atoms with Crippen LogP contribution in [-0.4, -0.2) is 28.1 Å². The standard InChI is InChI=1S/C15H21FN2O2/c1-15(2,3)20-14(19)18-8-4-5-13(18)11-6-7-12(9-16)17-10-11/h6-7,10,13H,4-5,8-9H2,1-3H3. The highest BCUT2D eigenvalue weighted by Gasteiger charge is 2.33. The molecule has 4 nitrogen and oxygen atoms in total. The third-order valence-electron chi connectivity index (χ3n) is 3.25. The van der Waals surface area contributed by atoms with Gasteiger partial charge >= 0.3 is 6.09 Å². The minimum atomic E-state index is -0.569. The minimum absolute atomic E-state index is 0.0222. The van der Waals surface area contributed by atoms with Crippen molar-refractivity contribution in [3.05, 3.63) is 29.6 Å². The summed E-state index contributed by atoms with van der Waals surface area (Å²) in [5.41, 5.74) is 0.849. The number of amides is 1. The van der Waals surface area contributed by atoms with Gasteiger partial charge in [-0.05, 0) is 45.2 Å². The number of halogens is 1. The number of carbonyl (C=O) groups is 1. The zero-order chi connectivity index (χ0) is 14.8. The van der Waals surface area contributed by atoms with Gasteiger partial charge in [-0.2, -0.15) is 0 Å². The maximum Gasteiger partial charge on any atom is 0.410 e. The van der Waals surface area contributed by atoms with E-state index in [-0.39, 0.29) is 12.1 Å². The van der Waals surface area contributed by atoms with E-state index in [0.29, 0.717) is 12.2 Å². The van der Waals surface area contributed by atoms with Gasteiger partial charge in [0.1, 0.15) is 12.3 Å². The number of carbonyl (C=O) groups excluding carboxylic acids is 1. The third-order valence-corrected chi connectivity index (χ3v) is 3.25. The minimum Gasteiger partial charge on any atom is -0.444 e. The number of aromatic nitrogens is 1. The summed E-state index contributed by atoms with van der Waals surface area (Å²) in [7, 11) is 0. The Morgan fingerprint density at radius 2 is 2.25 bits per heavy atom. The van der Waals surface area contributed by atoms with Crippen LogP contribution in [0.1, 0.15) is 50.9 Å². The first-order chi connectivity index (χ1) is 9.40. The molecule has 2 heterocycles. The lowest BCUT2D eigenvalue weighted by Gasteiger charge is -2.28. The Morgan fingerprint density at radius 1 is 1.50 bits per heavy atom. The van der Waals surface area contributed by atoms with E-state index in [4.69, 9.17) is 4.74 Å². The lowest BCUT2D eigenvalue weighted by molar-refractivity contribution is 0.0224. The molecule has 0 aromatic carbocycles. The van der Waals surface area contributed by atoms with Gasteiger partial charge in [0.15, 0.2) is 0 Å². The number of hydrogen-bond donors (Lipinski definition) is 0. The maximum absolute atomic E-state index is 12.5. The van der Waals surface area contributed by atoms with Crippen molar-refractivity contribution in [3.63, 3.8) is 0 Å². The fourth-order valence-corrected chi connectivity index (χ4v) is 2.36. The normalized spacial score (nSPS) is 19.2. The lowest BCUT2D eigenvalue weighted by Crippen LogP contribution is -2.36. The number of alkyl halides is 1. The van der Waals surface area contributed by atoms with Crippen LogP contribution in [0.25, 0.3) is 0 Å². The topological polar surface area (TPSA) is 42.4 Å². The third kappa shape index (κ3) is 3.46. The van der Waals surface area contributed by atoms with Crippen molar-refractivity contribution in [1.29, 1.82) is 0 Å². The highest BCUT2D eigenvalue weighted by Crippen LogP contribution is 2.32. The summed E-state index contributed by atoms with van der Waals surface area (Å²) < 4.78 is 17.9. The van der Waals surface area contributed by atoms with Gasteiger partial charge < -0.3 is 9.64 Å². The van der Waals surface area contributed by atoms with Crippen LogP contribution in [-0.2, 0) is 11.4 Å². The van der Waals surface area contributed by atoms with E-state index in [1.165, 1.54) is 0 Å². The SMILES string of the molecule is CC(C)(C)OC(=O)N1CCCC1c1ccc(CF)nc1. The molecule has 0 bridgehead atoms. The molecule has 20 heavy (non-hydrogen) atoms. The summed E-state index contributed by atoms with van der Waals surface area (Å²) in [4.78, 5) is 18.0. The average Bonchev–Trinajstić information content (AvgIpc) is 2.86. The predicted molar refractivity (Wildman–Crippen MR) is 74.0 cm³/mol. The van der Waals surface area contributed by atoms with Crippen molar-refractivity contribution in [2.75, 3.05) is 6.54 Å². The Hall–Kier alpha value is -1.65. The number of ether oxygens (including phenoxy) is 1. The van der Waals surface area contributed by atoms with Gasteiger partial charge in [-0.3, -0.25) is 4.98 Å². The quantitative estimate of drug-likeness (QED) is 0.831. The van der Waals surface area contributed by atoms with E-state index in [2.05, 4.69) is 4.98 Å². The smallest absolute Gasteiger partial charge is 0.410 e. The molecule has 1 atom stereocenters. The van der Waals surface area contributed by atoms with Crippen LogP contribution < -0.4 is 0 Å². The molecule has 1 amide bonds. The number of rotatable bonds is 2. The molecule has 0 saturated carbocycles. The van der Waals surface area contributed by atoms with Crippen molar-refractivity contribution in [2.45, 2.75) is 51.9 Å². The highest BCUT2D eigenvalue weighted by molar-refractivity contribution is 5.69. The van der Waals surface area contributed by atoms with Gasteiger partial charge in [-0.25, -0.2) is 9.18 Å². The van der Waals surface area contributed by atoms with E-state index < -0.39 is 12.3 Å². The van der Waals surface area contributed by atoms with Crippen molar-refractivity contribution in [2.24, 2.45) is 0 Å². The first kappa shape index (κ1) is 14.8. The fraction of sp³-hybridized carbons (Fsp3) is 0.600. The molecule has 0 spiro atoms. The number of likely N-dealkylation sites (tertiary alicyclic amines) is 1. The largest absolute Gasteiger partial charge is 0.444 e. The Morgan fingerprint density at radius 3 is 2.80 bits per heavy atom. The molecule has 1 aromatic heterocycles. The first-order valence-corrected chi connectivity index (χ1v) is 6.91. The van der Waals surface area contributed by atoms with E-state index >= 15 is 0 Å². The molecular formula is C15H21FN2O2. The first-order valence-electron chi connectivity index (χ1n) is 6.91. The number of nitrogens with zero attached hydrogens (tertiary/aromatic N) is 2. The molecule has 0 N–H and O–H groups in total. The van der Waals surface area contributed by atoms with Gasteiger partial charge in [-0.1, -0.05) is 6.07 Å². The van der Waals surface area contributed by atoms with Crippen LogP contribution in [0.3, 0.4) is 0 Å². The summed E-state index contributed by atoms with van der Waals surface area (Å²) in [6, 6.07) is 3.49. The van der Waals surface area contributed by atoms with E-state index in [9.17, 15) is 9.18 Å². The molecule has 1 unspecified atom stereocenters. The van der Waals surface area contributed by atoms with Gasteiger partial charge in [0.25, 0.3) is 0 Å². The molecule has 1 fully saturated rings. The second kappa shape index (κ2) is 5.77. The molecule has 1 saturated heterocycles. The number of pyridine rings is 1. The average molecular weight is 280 g/mol. The van der Waals surface area contributed by atoms with Crippen LogP contribution in [0, 0.1) is 0 Å². The van der Waals surface area contributed by atoms with Gasteiger partial charge in [0.05, 0.1) is 11.7 Å². The van der Waals surface area contributed by atoms with Crippen LogP contribution in [0.4, 0.5) is 9.18 Å². The van der Waals surface area contributed by atoms with Gasteiger partial charge in [0.2, 0.25) is 0 Å². The Kier molecular flexibility index (Phi) is 4.26. The predicted octanol–water partition coefficient (Wildman–Crippen LogP) is 3.62. The molecule has 1 aliphatic heterocycles.